The Morgan fingerprint density at radius 3 is 2.79 bits per heavy atom. The molecule has 1 aromatic rings. The molecule has 2 rings (SSSR count). The molecule has 6 nitrogen and oxygen atoms in total. The molecule has 1 fully saturated rings. The Kier molecular flexibility index (Phi) is 4.10. The number of benzene rings is 1. The Morgan fingerprint density at radius 2 is 2.21 bits per heavy atom. The van der Waals surface area contributed by atoms with E-state index in [1.807, 2.05) is 0 Å². The van der Waals surface area contributed by atoms with Crippen LogP contribution in [-0.2, 0) is 19.5 Å². The molecule has 1 aromatic carbocycles. The fourth-order valence-electron chi connectivity index (χ4n) is 1.66. The van der Waals surface area contributed by atoms with Gasteiger partial charge >= 0.3 is 5.97 Å². The average molecular weight is 306 g/mol. The van der Waals surface area contributed by atoms with Gasteiger partial charge in [-0.2, -0.15) is 0 Å². The minimum atomic E-state index is -3.89. The summed E-state index contributed by atoms with van der Waals surface area (Å²) in [5.74, 6) is -0.689. The number of ether oxygens (including phenoxy) is 2. The summed E-state index contributed by atoms with van der Waals surface area (Å²) in [6.07, 6.45) is 0.278. The van der Waals surface area contributed by atoms with E-state index in [9.17, 15) is 13.2 Å². The number of rotatable bonds is 3. The van der Waals surface area contributed by atoms with Crippen LogP contribution < -0.4 is 5.14 Å². The van der Waals surface area contributed by atoms with Gasteiger partial charge < -0.3 is 9.47 Å². The molecular weight excluding hydrogens is 294 g/mol. The standard InChI is InChI=1S/C11H12ClNO5S/c12-10-2-1-8(19(13,15)16)5-9(10)11(14)18-7-3-4-17-6-7/h1-2,5,7H,3-4,6H2,(H2,13,15,16). The topological polar surface area (TPSA) is 95.7 Å². The number of hydrogen-bond donors (Lipinski definition) is 1. The highest BCUT2D eigenvalue weighted by Gasteiger charge is 2.23. The molecule has 2 N–H and O–H groups in total. The van der Waals surface area contributed by atoms with Crippen molar-refractivity contribution in [3.63, 3.8) is 0 Å². The molecule has 1 atom stereocenters. The molecule has 1 unspecified atom stereocenters. The molecule has 0 bridgehead atoms. The highest BCUT2D eigenvalue weighted by molar-refractivity contribution is 7.89. The van der Waals surface area contributed by atoms with Crippen molar-refractivity contribution in [1.82, 2.24) is 0 Å². The van der Waals surface area contributed by atoms with Crippen molar-refractivity contribution >= 4 is 27.6 Å². The van der Waals surface area contributed by atoms with Gasteiger partial charge in [0.05, 0.1) is 28.7 Å². The fraction of sp³-hybridized carbons (Fsp3) is 0.364. The van der Waals surface area contributed by atoms with E-state index in [-0.39, 0.29) is 21.6 Å². The van der Waals surface area contributed by atoms with Gasteiger partial charge in [-0.05, 0) is 18.2 Å². The lowest BCUT2D eigenvalue weighted by Gasteiger charge is -2.11. The SMILES string of the molecule is NS(=O)(=O)c1ccc(Cl)c(C(=O)OC2CCOC2)c1. The third kappa shape index (κ3) is 3.44. The summed E-state index contributed by atoms with van der Waals surface area (Å²) < 4.78 is 32.7. The zero-order valence-electron chi connectivity index (χ0n) is 9.84. The molecule has 1 heterocycles. The number of carbonyl (C=O) groups excluding carboxylic acids is 1. The van der Waals surface area contributed by atoms with Crippen LogP contribution in [0.25, 0.3) is 0 Å². The first-order valence-electron chi connectivity index (χ1n) is 5.49. The van der Waals surface area contributed by atoms with Gasteiger partial charge in [0.15, 0.2) is 0 Å². The van der Waals surface area contributed by atoms with Gasteiger partial charge in [-0.25, -0.2) is 18.4 Å². The number of esters is 1. The van der Waals surface area contributed by atoms with Crippen LogP contribution in [0.3, 0.4) is 0 Å². The van der Waals surface area contributed by atoms with E-state index in [1.54, 1.807) is 0 Å². The lowest BCUT2D eigenvalue weighted by atomic mass is 10.2. The van der Waals surface area contributed by atoms with Crippen LogP contribution in [0.15, 0.2) is 23.1 Å². The number of hydrogen-bond acceptors (Lipinski definition) is 5. The summed E-state index contributed by atoms with van der Waals surface area (Å²) in [7, 11) is -3.89. The normalized spacial score (nSPS) is 19.4. The van der Waals surface area contributed by atoms with Crippen molar-refractivity contribution in [2.45, 2.75) is 17.4 Å². The second-order valence-electron chi connectivity index (χ2n) is 4.08. The van der Waals surface area contributed by atoms with Crippen LogP contribution in [-0.4, -0.2) is 33.7 Å². The van der Waals surface area contributed by atoms with Gasteiger partial charge in [-0.1, -0.05) is 11.6 Å². The van der Waals surface area contributed by atoms with E-state index < -0.39 is 16.0 Å². The molecule has 1 aliphatic rings. The van der Waals surface area contributed by atoms with Crippen molar-refractivity contribution in [2.75, 3.05) is 13.2 Å². The van der Waals surface area contributed by atoms with Gasteiger partial charge in [0.1, 0.15) is 6.10 Å². The van der Waals surface area contributed by atoms with Crippen LogP contribution in [0, 0.1) is 0 Å². The largest absolute Gasteiger partial charge is 0.456 e. The summed E-state index contributed by atoms with van der Waals surface area (Å²) in [6.45, 7) is 0.862. The first kappa shape index (κ1) is 14.3. The molecule has 1 aliphatic heterocycles. The summed E-state index contributed by atoms with van der Waals surface area (Å²) in [4.78, 5) is 11.7. The van der Waals surface area contributed by atoms with E-state index in [1.165, 1.54) is 12.1 Å². The van der Waals surface area contributed by atoms with Gasteiger partial charge in [-0.15, -0.1) is 0 Å². The zero-order valence-corrected chi connectivity index (χ0v) is 11.4. The van der Waals surface area contributed by atoms with E-state index in [4.69, 9.17) is 26.2 Å². The highest BCUT2D eigenvalue weighted by atomic mass is 35.5. The summed E-state index contributed by atoms with van der Waals surface area (Å²) in [5, 5.41) is 5.10. The van der Waals surface area contributed by atoms with Gasteiger partial charge in [-0.3, -0.25) is 0 Å². The Labute approximate surface area is 115 Å². The van der Waals surface area contributed by atoms with E-state index in [0.29, 0.717) is 19.6 Å². The van der Waals surface area contributed by atoms with E-state index >= 15 is 0 Å². The van der Waals surface area contributed by atoms with Crippen molar-refractivity contribution < 1.29 is 22.7 Å². The molecule has 0 aromatic heterocycles. The molecule has 0 spiro atoms. The Morgan fingerprint density at radius 1 is 1.47 bits per heavy atom. The van der Waals surface area contributed by atoms with Crippen LogP contribution >= 0.6 is 11.6 Å². The summed E-state index contributed by atoms with van der Waals surface area (Å²) in [6, 6.07) is 3.63. The van der Waals surface area contributed by atoms with Crippen molar-refractivity contribution in [1.29, 1.82) is 0 Å². The molecule has 0 saturated carbocycles. The lowest BCUT2D eigenvalue weighted by Crippen LogP contribution is -2.19. The predicted octanol–water partition coefficient (Wildman–Crippen LogP) is 0.933. The molecule has 0 aliphatic carbocycles. The van der Waals surface area contributed by atoms with Crippen LogP contribution in [0.1, 0.15) is 16.8 Å². The summed E-state index contributed by atoms with van der Waals surface area (Å²) in [5.41, 5.74) is -0.0277. The molecule has 19 heavy (non-hydrogen) atoms. The number of primary sulfonamides is 1. The fourth-order valence-corrected chi connectivity index (χ4v) is 2.39. The second kappa shape index (κ2) is 5.46. The van der Waals surface area contributed by atoms with E-state index in [0.717, 1.165) is 6.07 Å². The van der Waals surface area contributed by atoms with Crippen LogP contribution in [0.2, 0.25) is 5.02 Å². The Balaban J connectivity index is 2.25. The number of halogens is 1. The first-order valence-corrected chi connectivity index (χ1v) is 7.41. The maximum Gasteiger partial charge on any atom is 0.340 e. The highest BCUT2D eigenvalue weighted by Crippen LogP contribution is 2.22. The quantitative estimate of drug-likeness (QED) is 0.838. The smallest absolute Gasteiger partial charge is 0.340 e. The second-order valence-corrected chi connectivity index (χ2v) is 6.05. The summed E-state index contributed by atoms with van der Waals surface area (Å²) >= 11 is 5.86. The molecule has 0 radical (unpaired) electrons. The van der Waals surface area contributed by atoms with E-state index in [2.05, 4.69) is 0 Å². The lowest BCUT2D eigenvalue weighted by molar-refractivity contribution is 0.0270. The van der Waals surface area contributed by atoms with Crippen molar-refractivity contribution in [2.24, 2.45) is 5.14 Å². The number of sulfonamides is 1. The molecule has 8 heteroatoms. The Bertz CT molecular complexity index is 595. The van der Waals surface area contributed by atoms with Gasteiger partial charge in [0.2, 0.25) is 10.0 Å². The van der Waals surface area contributed by atoms with Gasteiger partial charge in [0, 0.05) is 6.42 Å². The Hall–Kier alpha value is -1.15. The number of carbonyl (C=O) groups is 1. The maximum absolute atomic E-state index is 11.9. The minimum absolute atomic E-state index is 0.0277. The van der Waals surface area contributed by atoms with Crippen LogP contribution in [0.5, 0.6) is 0 Å². The number of nitrogens with two attached hydrogens (primary N) is 1. The van der Waals surface area contributed by atoms with Crippen LogP contribution in [0.4, 0.5) is 0 Å². The molecule has 1 saturated heterocycles. The molecule has 0 amide bonds. The molecule has 104 valence electrons. The van der Waals surface area contributed by atoms with Gasteiger partial charge in [0.25, 0.3) is 0 Å². The monoisotopic (exact) mass is 305 g/mol. The first-order chi connectivity index (χ1) is 8.88. The van der Waals surface area contributed by atoms with Crippen molar-refractivity contribution in [3.05, 3.63) is 28.8 Å². The average Bonchev–Trinajstić information content (AvgIpc) is 2.80. The third-order valence-corrected chi connectivity index (χ3v) is 3.89. The maximum atomic E-state index is 11.9. The predicted molar refractivity (Wildman–Crippen MR) is 67.5 cm³/mol. The molecular formula is C11H12ClNO5S. The minimum Gasteiger partial charge on any atom is -0.456 e. The third-order valence-electron chi connectivity index (χ3n) is 2.65. The van der Waals surface area contributed by atoms with Crippen molar-refractivity contribution in [3.8, 4) is 0 Å². The zero-order chi connectivity index (χ0) is 14.0.